The maximum Gasteiger partial charge on any atom is 0.333 e. The molecule has 0 spiro atoms. The van der Waals surface area contributed by atoms with Gasteiger partial charge in [0.1, 0.15) is 5.69 Å². The Morgan fingerprint density at radius 3 is 2.69 bits per heavy atom. The second kappa shape index (κ2) is 7.43. The van der Waals surface area contributed by atoms with Gasteiger partial charge in [-0.2, -0.15) is 23.7 Å². The number of amides is 1. The van der Waals surface area contributed by atoms with E-state index in [1.54, 1.807) is 22.9 Å². The Hall–Kier alpha value is -2.45. The van der Waals surface area contributed by atoms with Crippen LogP contribution in [0, 0.1) is 6.92 Å². The molecule has 1 N–H and O–H groups in total. The molecule has 0 aliphatic carbocycles. The van der Waals surface area contributed by atoms with E-state index in [9.17, 15) is 13.6 Å². The summed E-state index contributed by atoms with van der Waals surface area (Å²) in [5.74, 6) is -0.475. The molecule has 1 amide bonds. The molecule has 10 heteroatoms. The first-order valence-electron chi connectivity index (χ1n) is 7.46. The average molecular weight is 400 g/mol. The SMILES string of the molecule is Cc1cc(NC(=O)c2ccnn2C(F)F)nn1Cc1ccc(Cl)c(Cl)c1. The highest BCUT2D eigenvalue weighted by molar-refractivity contribution is 6.42. The van der Waals surface area contributed by atoms with Crippen molar-refractivity contribution in [3.8, 4) is 0 Å². The second-order valence-electron chi connectivity index (χ2n) is 5.47. The molecule has 0 fully saturated rings. The van der Waals surface area contributed by atoms with Crippen molar-refractivity contribution in [3.63, 3.8) is 0 Å². The number of hydrogen-bond acceptors (Lipinski definition) is 3. The molecule has 0 saturated heterocycles. The molecule has 2 heterocycles. The van der Waals surface area contributed by atoms with Crippen molar-refractivity contribution < 1.29 is 13.6 Å². The Labute approximate surface area is 157 Å². The highest BCUT2D eigenvalue weighted by atomic mass is 35.5. The Balaban J connectivity index is 1.76. The Bertz CT molecular complexity index is 954. The summed E-state index contributed by atoms with van der Waals surface area (Å²) in [6, 6.07) is 8.07. The fourth-order valence-electron chi connectivity index (χ4n) is 2.37. The van der Waals surface area contributed by atoms with Crippen molar-refractivity contribution in [2.24, 2.45) is 0 Å². The number of anilines is 1. The number of halogens is 4. The van der Waals surface area contributed by atoms with Gasteiger partial charge in [-0.15, -0.1) is 0 Å². The molecule has 3 rings (SSSR count). The molecule has 136 valence electrons. The molecule has 0 atom stereocenters. The summed E-state index contributed by atoms with van der Waals surface area (Å²) >= 11 is 11.9. The molecule has 26 heavy (non-hydrogen) atoms. The van der Waals surface area contributed by atoms with Crippen molar-refractivity contribution >= 4 is 34.9 Å². The number of aromatic nitrogens is 4. The molecule has 1 aromatic carbocycles. The molecule has 2 aromatic heterocycles. The minimum Gasteiger partial charge on any atom is -0.304 e. The number of rotatable bonds is 5. The summed E-state index contributed by atoms with van der Waals surface area (Å²) in [6.45, 7) is -0.684. The highest BCUT2D eigenvalue weighted by Gasteiger charge is 2.19. The molecule has 0 unspecified atom stereocenters. The standard InChI is InChI=1S/C16H13Cl2F2N5O/c1-9-6-14(22-15(26)13-4-5-21-25(13)16(19)20)23-24(9)8-10-2-3-11(17)12(18)7-10/h2-7,16H,8H2,1H3,(H,22,23,26). The van der Waals surface area contributed by atoms with E-state index in [1.807, 2.05) is 13.0 Å². The molecular formula is C16H13Cl2F2N5O. The van der Waals surface area contributed by atoms with Crippen LogP contribution in [0.15, 0.2) is 36.5 Å². The maximum absolute atomic E-state index is 12.8. The van der Waals surface area contributed by atoms with E-state index in [0.29, 0.717) is 21.3 Å². The van der Waals surface area contributed by atoms with Gasteiger partial charge in [0, 0.05) is 18.0 Å². The third-order valence-corrected chi connectivity index (χ3v) is 4.37. The first kappa shape index (κ1) is 18.3. The van der Waals surface area contributed by atoms with E-state index in [-0.39, 0.29) is 11.5 Å². The fraction of sp³-hybridized carbons (Fsp3) is 0.188. The number of carbonyl (C=O) groups is 1. The van der Waals surface area contributed by atoms with Gasteiger partial charge in [-0.1, -0.05) is 29.3 Å². The molecule has 0 radical (unpaired) electrons. The lowest BCUT2D eigenvalue weighted by molar-refractivity contribution is 0.0520. The van der Waals surface area contributed by atoms with E-state index in [1.165, 1.54) is 6.07 Å². The summed E-state index contributed by atoms with van der Waals surface area (Å²) in [7, 11) is 0. The van der Waals surface area contributed by atoms with Crippen LogP contribution < -0.4 is 5.32 Å². The normalized spacial score (nSPS) is 11.2. The summed E-state index contributed by atoms with van der Waals surface area (Å²) in [5, 5.41) is 11.1. The zero-order valence-electron chi connectivity index (χ0n) is 13.5. The average Bonchev–Trinajstić information content (AvgIpc) is 3.18. The van der Waals surface area contributed by atoms with Crippen LogP contribution >= 0.6 is 23.2 Å². The van der Waals surface area contributed by atoms with Crippen LogP contribution in [0.4, 0.5) is 14.6 Å². The second-order valence-corrected chi connectivity index (χ2v) is 6.28. The number of aryl methyl sites for hydroxylation is 1. The van der Waals surface area contributed by atoms with Gasteiger partial charge < -0.3 is 5.32 Å². The first-order valence-corrected chi connectivity index (χ1v) is 8.22. The molecule has 0 aliphatic rings. The van der Waals surface area contributed by atoms with Gasteiger partial charge in [0.25, 0.3) is 5.91 Å². The van der Waals surface area contributed by atoms with Gasteiger partial charge in [0.05, 0.1) is 16.6 Å². The Kier molecular flexibility index (Phi) is 5.24. The Morgan fingerprint density at radius 2 is 2.00 bits per heavy atom. The van der Waals surface area contributed by atoms with E-state index < -0.39 is 12.5 Å². The fourth-order valence-corrected chi connectivity index (χ4v) is 2.69. The van der Waals surface area contributed by atoms with Crippen molar-refractivity contribution in [2.75, 3.05) is 5.32 Å². The molecule has 0 aliphatic heterocycles. The van der Waals surface area contributed by atoms with Crippen molar-refractivity contribution in [3.05, 3.63) is 63.5 Å². The minimum absolute atomic E-state index is 0.245. The van der Waals surface area contributed by atoms with Crippen molar-refractivity contribution in [1.29, 1.82) is 0 Å². The van der Waals surface area contributed by atoms with Crippen LogP contribution in [-0.2, 0) is 6.54 Å². The van der Waals surface area contributed by atoms with Crippen LogP contribution in [0.1, 0.15) is 28.3 Å². The lowest BCUT2D eigenvalue weighted by Gasteiger charge is -2.06. The van der Waals surface area contributed by atoms with E-state index in [0.717, 1.165) is 17.5 Å². The van der Waals surface area contributed by atoms with Crippen molar-refractivity contribution in [1.82, 2.24) is 19.6 Å². The number of hydrogen-bond donors (Lipinski definition) is 1. The third-order valence-electron chi connectivity index (χ3n) is 3.63. The van der Waals surface area contributed by atoms with Crippen LogP contribution in [0.2, 0.25) is 10.0 Å². The molecular weight excluding hydrogens is 387 g/mol. The predicted molar refractivity (Wildman–Crippen MR) is 94.0 cm³/mol. The van der Waals surface area contributed by atoms with Gasteiger partial charge in [0.2, 0.25) is 0 Å². The number of nitrogens with one attached hydrogen (secondary N) is 1. The van der Waals surface area contributed by atoms with Gasteiger partial charge >= 0.3 is 6.55 Å². The smallest absolute Gasteiger partial charge is 0.304 e. The Morgan fingerprint density at radius 1 is 1.23 bits per heavy atom. The minimum atomic E-state index is -2.90. The van der Waals surface area contributed by atoms with Gasteiger partial charge in [-0.05, 0) is 30.7 Å². The molecule has 6 nitrogen and oxygen atoms in total. The number of carbonyl (C=O) groups excluding carboxylic acids is 1. The molecule has 0 saturated carbocycles. The largest absolute Gasteiger partial charge is 0.333 e. The number of alkyl halides is 2. The van der Waals surface area contributed by atoms with E-state index in [2.05, 4.69) is 15.5 Å². The maximum atomic E-state index is 12.8. The van der Waals surface area contributed by atoms with Gasteiger partial charge in [-0.25, -0.2) is 0 Å². The van der Waals surface area contributed by atoms with E-state index >= 15 is 0 Å². The summed E-state index contributed by atoms with van der Waals surface area (Å²) in [4.78, 5) is 12.2. The third kappa shape index (κ3) is 3.86. The van der Waals surface area contributed by atoms with Crippen LogP contribution in [0.5, 0.6) is 0 Å². The van der Waals surface area contributed by atoms with Crippen LogP contribution in [-0.4, -0.2) is 25.5 Å². The van der Waals surface area contributed by atoms with Crippen LogP contribution in [0.25, 0.3) is 0 Å². The summed E-state index contributed by atoms with van der Waals surface area (Å²) in [5.41, 5.74) is 1.39. The number of nitrogens with zero attached hydrogens (tertiary/aromatic N) is 4. The number of benzene rings is 1. The quantitative estimate of drug-likeness (QED) is 0.691. The lowest BCUT2D eigenvalue weighted by Crippen LogP contribution is -2.18. The monoisotopic (exact) mass is 399 g/mol. The molecule has 0 bridgehead atoms. The van der Waals surface area contributed by atoms with Crippen molar-refractivity contribution in [2.45, 2.75) is 20.0 Å². The molecule has 3 aromatic rings. The van der Waals surface area contributed by atoms with Gasteiger partial charge in [-0.3, -0.25) is 9.48 Å². The zero-order chi connectivity index (χ0) is 18.8. The lowest BCUT2D eigenvalue weighted by atomic mass is 10.2. The summed E-state index contributed by atoms with van der Waals surface area (Å²) < 4.78 is 27.6. The highest BCUT2D eigenvalue weighted by Crippen LogP contribution is 2.23. The first-order chi connectivity index (χ1) is 12.3. The topological polar surface area (TPSA) is 64.7 Å². The summed E-state index contributed by atoms with van der Waals surface area (Å²) in [6.07, 6.45) is 1.13. The van der Waals surface area contributed by atoms with Gasteiger partial charge in [0.15, 0.2) is 5.82 Å². The zero-order valence-corrected chi connectivity index (χ0v) is 15.0. The van der Waals surface area contributed by atoms with Crippen LogP contribution in [0.3, 0.4) is 0 Å². The predicted octanol–water partition coefficient (Wildman–Crippen LogP) is 4.39. The van der Waals surface area contributed by atoms with E-state index in [4.69, 9.17) is 23.2 Å².